The lowest BCUT2D eigenvalue weighted by Crippen LogP contribution is -2.30. The first-order valence-electron chi connectivity index (χ1n) is 7.17. The quantitative estimate of drug-likeness (QED) is 0.874. The van der Waals surface area contributed by atoms with E-state index in [2.05, 4.69) is 46.2 Å². The van der Waals surface area contributed by atoms with Crippen molar-refractivity contribution in [3.05, 3.63) is 12.0 Å². The molecular formula is C14H24N6. The Hall–Kier alpha value is -1.69. The van der Waals surface area contributed by atoms with Gasteiger partial charge in [-0.3, -0.25) is 9.58 Å². The summed E-state index contributed by atoms with van der Waals surface area (Å²) >= 11 is 0. The van der Waals surface area contributed by atoms with Gasteiger partial charge in [-0.2, -0.15) is 5.10 Å². The summed E-state index contributed by atoms with van der Waals surface area (Å²) in [6, 6.07) is 0.568. The van der Waals surface area contributed by atoms with Gasteiger partial charge in [0.1, 0.15) is 11.6 Å². The van der Waals surface area contributed by atoms with Crippen LogP contribution in [0.4, 0.5) is 5.82 Å². The summed E-state index contributed by atoms with van der Waals surface area (Å²) in [6.07, 6.45) is 4.08. The van der Waals surface area contributed by atoms with Crippen molar-refractivity contribution in [2.24, 2.45) is 7.05 Å². The highest BCUT2D eigenvalue weighted by Crippen LogP contribution is 2.20. The molecule has 0 saturated heterocycles. The van der Waals surface area contributed by atoms with Crippen molar-refractivity contribution in [3.63, 3.8) is 0 Å². The molecule has 0 aliphatic rings. The molecule has 0 fully saturated rings. The second kappa shape index (κ2) is 6.17. The zero-order chi connectivity index (χ0) is 14.7. The number of aryl methyl sites for hydroxylation is 1. The topological polar surface area (TPSA) is 58.9 Å². The summed E-state index contributed by atoms with van der Waals surface area (Å²) in [5, 5.41) is 8.35. The molecule has 20 heavy (non-hydrogen) atoms. The molecule has 0 aliphatic carbocycles. The number of nitrogens with one attached hydrogen (secondary N) is 1. The molecule has 0 aromatic carbocycles. The molecule has 6 heteroatoms. The molecule has 2 rings (SSSR count). The lowest BCUT2D eigenvalue weighted by molar-refractivity contribution is 0.217. The summed E-state index contributed by atoms with van der Waals surface area (Å²) in [6.45, 7) is 5.19. The van der Waals surface area contributed by atoms with Crippen molar-refractivity contribution in [3.8, 4) is 0 Å². The fourth-order valence-electron chi connectivity index (χ4n) is 2.59. The highest BCUT2D eigenvalue weighted by Gasteiger charge is 2.15. The van der Waals surface area contributed by atoms with Gasteiger partial charge in [0, 0.05) is 20.1 Å². The fraction of sp³-hybridized carbons (Fsp3) is 0.643. The van der Waals surface area contributed by atoms with E-state index in [0.29, 0.717) is 6.04 Å². The predicted molar refractivity (Wildman–Crippen MR) is 81.7 cm³/mol. The third kappa shape index (κ3) is 2.75. The summed E-state index contributed by atoms with van der Waals surface area (Å²) in [5.74, 6) is 1.68. The molecule has 0 unspecified atom stereocenters. The first-order chi connectivity index (χ1) is 9.60. The van der Waals surface area contributed by atoms with Crippen LogP contribution < -0.4 is 5.32 Å². The minimum Gasteiger partial charge on any atom is -0.372 e. The highest BCUT2D eigenvalue weighted by molar-refractivity contribution is 5.86. The maximum atomic E-state index is 4.64. The molecule has 0 amide bonds. The van der Waals surface area contributed by atoms with E-state index in [1.54, 1.807) is 10.9 Å². The summed E-state index contributed by atoms with van der Waals surface area (Å²) in [4.78, 5) is 11.6. The Morgan fingerprint density at radius 1 is 1.30 bits per heavy atom. The second-order valence-electron chi connectivity index (χ2n) is 5.13. The first-order valence-corrected chi connectivity index (χ1v) is 7.17. The van der Waals surface area contributed by atoms with Gasteiger partial charge in [-0.15, -0.1) is 0 Å². The van der Waals surface area contributed by atoms with Gasteiger partial charge in [-0.1, -0.05) is 13.8 Å². The van der Waals surface area contributed by atoms with E-state index in [1.807, 2.05) is 14.1 Å². The number of aromatic nitrogens is 4. The Kier molecular flexibility index (Phi) is 4.54. The molecule has 110 valence electrons. The molecule has 2 aromatic rings. The van der Waals surface area contributed by atoms with Crippen LogP contribution in [0, 0.1) is 0 Å². The molecule has 0 radical (unpaired) electrons. The molecule has 0 bridgehead atoms. The van der Waals surface area contributed by atoms with Crippen LogP contribution in [-0.4, -0.2) is 44.8 Å². The van der Waals surface area contributed by atoms with E-state index in [4.69, 9.17) is 0 Å². The van der Waals surface area contributed by atoms with Crippen LogP contribution in [0.2, 0.25) is 0 Å². The molecule has 0 spiro atoms. The summed E-state index contributed by atoms with van der Waals surface area (Å²) in [5.41, 5.74) is 0.872. The van der Waals surface area contributed by atoms with Gasteiger partial charge < -0.3 is 5.32 Å². The highest BCUT2D eigenvalue weighted by atomic mass is 15.3. The SMILES string of the molecule is CCC(CC)N(C)Cc1nc(NC)c2cnn(C)c2n1. The number of hydrogen-bond donors (Lipinski definition) is 1. The van der Waals surface area contributed by atoms with Crippen molar-refractivity contribution in [1.29, 1.82) is 0 Å². The lowest BCUT2D eigenvalue weighted by Gasteiger charge is -2.25. The molecule has 0 aliphatic heterocycles. The molecule has 1 N–H and O–H groups in total. The number of anilines is 1. The predicted octanol–water partition coefficient (Wildman–Crippen LogP) is 2.03. The van der Waals surface area contributed by atoms with Gasteiger partial charge in [0.05, 0.1) is 18.1 Å². The van der Waals surface area contributed by atoms with Crippen molar-refractivity contribution >= 4 is 16.9 Å². The number of rotatable bonds is 6. The Labute approximate surface area is 120 Å². The number of hydrogen-bond acceptors (Lipinski definition) is 5. The average Bonchev–Trinajstić information content (AvgIpc) is 2.81. The Balaban J connectivity index is 2.32. The second-order valence-corrected chi connectivity index (χ2v) is 5.13. The van der Waals surface area contributed by atoms with E-state index in [-0.39, 0.29) is 0 Å². The van der Waals surface area contributed by atoms with Crippen LogP contribution in [0.25, 0.3) is 11.0 Å². The smallest absolute Gasteiger partial charge is 0.163 e. The van der Waals surface area contributed by atoms with Gasteiger partial charge >= 0.3 is 0 Å². The maximum Gasteiger partial charge on any atom is 0.163 e. The molecule has 2 heterocycles. The normalized spacial score (nSPS) is 11.8. The minimum atomic E-state index is 0.568. The monoisotopic (exact) mass is 276 g/mol. The van der Waals surface area contributed by atoms with Crippen LogP contribution in [0.15, 0.2) is 6.20 Å². The summed E-state index contributed by atoms with van der Waals surface area (Å²) in [7, 11) is 5.92. The van der Waals surface area contributed by atoms with Crippen molar-refractivity contribution in [2.75, 3.05) is 19.4 Å². The maximum absolute atomic E-state index is 4.64. The Bertz CT molecular complexity index is 572. The van der Waals surface area contributed by atoms with Crippen molar-refractivity contribution in [2.45, 2.75) is 39.3 Å². The fourth-order valence-corrected chi connectivity index (χ4v) is 2.59. The van der Waals surface area contributed by atoms with Gasteiger partial charge in [-0.05, 0) is 19.9 Å². The van der Waals surface area contributed by atoms with Gasteiger partial charge in [-0.25, -0.2) is 9.97 Å². The third-order valence-electron chi connectivity index (χ3n) is 3.83. The van der Waals surface area contributed by atoms with E-state index < -0.39 is 0 Å². The van der Waals surface area contributed by atoms with E-state index in [1.165, 1.54) is 0 Å². The van der Waals surface area contributed by atoms with E-state index >= 15 is 0 Å². The van der Waals surface area contributed by atoms with Gasteiger partial charge in [0.15, 0.2) is 5.65 Å². The van der Waals surface area contributed by atoms with Crippen LogP contribution in [0.3, 0.4) is 0 Å². The van der Waals surface area contributed by atoms with E-state index in [9.17, 15) is 0 Å². The molecule has 6 nitrogen and oxygen atoms in total. The zero-order valence-electron chi connectivity index (χ0n) is 13.0. The third-order valence-corrected chi connectivity index (χ3v) is 3.83. The minimum absolute atomic E-state index is 0.568. The molecule has 0 atom stereocenters. The standard InChI is InChI=1S/C14H24N6/c1-6-10(7-2)19(4)9-12-17-13(15-3)11-8-16-20(5)14(11)18-12/h8,10H,6-7,9H2,1-5H3,(H,15,17,18). The molecular weight excluding hydrogens is 252 g/mol. The largest absolute Gasteiger partial charge is 0.372 e. The lowest BCUT2D eigenvalue weighted by atomic mass is 10.1. The molecule has 0 saturated carbocycles. The van der Waals surface area contributed by atoms with Crippen molar-refractivity contribution in [1.82, 2.24) is 24.6 Å². The first kappa shape index (κ1) is 14.7. The Morgan fingerprint density at radius 3 is 2.60 bits per heavy atom. The van der Waals surface area contributed by atoms with Gasteiger partial charge in [0.2, 0.25) is 0 Å². The molecule has 2 aromatic heterocycles. The van der Waals surface area contributed by atoms with Crippen LogP contribution in [-0.2, 0) is 13.6 Å². The van der Waals surface area contributed by atoms with E-state index in [0.717, 1.165) is 42.1 Å². The van der Waals surface area contributed by atoms with Crippen LogP contribution >= 0.6 is 0 Å². The van der Waals surface area contributed by atoms with Crippen LogP contribution in [0.5, 0.6) is 0 Å². The zero-order valence-corrected chi connectivity index (χ0v) is 13.0. The number of nitrogens with zero attached hydrogens (tertiary/aromatic N) is 5. The number of fused-ring (bicyclic) bond motifs is 1. The Morgan fingerprint density at radius 2 is 2.00 bits per heavy atom. The average molecular weight is 276 g/mol. The van der Waals surface area contributed by atoms with Crippen molar-refractivity contribution < 1.29 is 0 Å². The van der Waals surface area contributed by atoms with Gasteiger partial charge in [0.25, 0.3) is 0 Å². The summed E-state index contributed by atoms with van der Waals surface area (Å²) < 4.78 is 1.79. The van der Waals surface area contributed by atoms with Crippen LogP contribution in [0.1, 0.15) is 32.5 Å².